The summed E-state index contributed by atoms with van der Waals surface area (Å²) in [6, 6.07) is 0. The van der Waals surface area contributed by atoms with E-state index >= 15 is 0 Å². The van der Waals surface area contributed by atoms with Gasteiger partial charge in [-0.25, -0.2) is 15.0 Å². The van der Waals surface area contributed by atoms with Gasteiger partial charge in [-0.2, -0.15) is 0 Å². The topological polar surface area (TPSA) is 93.3 Å². The Morgan fingerprint density at radius 2 is 2.21 bits per heavy atom. The minimum absolute atomic E-state index is 0.222. The van der Waals surface area contributed by atoms with Crippen molar-refractivity contribution in [3.8, 4) is 0 Å². The second kappa shape index (κ2) is 5.06. The third-order valence-corrected chi connectivity index (χ3v) is 4.20. The van der Waals surface area contributed by atoms with Crippen molar-refractivity contribution >= 4 is 43.0 Å². The monoisotopic (exact) mass is 392 g/mol. The van der Waals surface area contributed by atoms with Crippen molar-refractivity contribution in [3.63, 3.8) is 0 Å². The highest BCUT2D eigenvalue weighted by Crippen LogP contribution is 2.34. The highest BCUT2D eigenvalue weighted by atomic mass is 79.9. The molecule has 3 atom stereocenters. The number of aromatic nitrogens is 4. The third kappa shape index (κ3) is 2.19. The standard InChI is InChI=1S/C10H10Br2N4O3/c11-8-7-9(14-3-13-8)16(10(12)15-7)6-1-4(18)5(2-17)19-6/h3-6,17-18H,1-2H2/t4-,5+,6+/m1/s1. The molecule has 0 saturated carbocycles. The zero-order chi connectivity index (χ0) is 13.6. The molecule has 0 amide bonds. The van der Waals surface area contributed by atoms with Gasteiger partial charge in [0.2, 0.25) is 0 Å². The summed E-state index contributed by atoms with van der Waals surface area (Å²) in [4.78, 5) is 12.5. The van der Waals surface area contributed by atoms with Crippen LogP contribution in [-0.4, -0.2) is 48.5 Å². The zero-order valence-electron chi connectivity index (χ0n) is 9.57. The average molecular weight is 394 g/mol. The largest absolute Gasteiger partial charge is 0.394 e. The molecule has 0 spiro atoms. The van der Waals surface area contributed by atoms with E-state index in [1.54, 1.807) is 4.57 Å². The van der Waals surface area contributed by atoms with Crippen LogP contribution in [0.3, 0.4) is 0 Å². The normalized spacial score (nSPS) is 27.3. The fraction of sp³-hybridized carbons (Fsp3) is 0.500. The highest BCUT2D eigenvalue weighted by molar-refractivity contribution is 9.10. The average Bonchev–Trinajstić information content (AvgIpc) is 2.90. The van der Waals surface area contributed by atoms with Gasteiger partial charge < -0.3 is 14.9 Å². The van der Waals surface area contributed by atoms with Crippen molar-refractivity contribution in [2.45, 2.75) is 24.9 Å². The molecule has 0 aliphatic carbocycles. The Balaban J connectivity index is 2.06. The fourth-order valence-electron chi connectivity index (χ4n) is 2.15. The summed E-state index contributed by atoms with van der Waals surface area (Å²) in [5.41, 5.74) is 1.21. The van der Waals surface area contributed by atoms with Gasteiger partial charge in [-0.15, -0.1) is 0 Å². The van der Waals surface area contributed by atoms with Crippen LogP contribution in [0.5, 0.6) is 0 Å². The molecule has 0 aromatic carbocycles. The second-order valence-electron chi connectivity index (χ2n) is 4.20. The number of hydrogen-bond donors (Lipinski definition) is 2. The molecule has 3 heterocycles. The Bertz CT molecular complexity index is 620. The lowest BCUT2D eigenvalue weighted by molar-refractivity contribution is -0.0439. The molecule has 0 bridgehead atoms. The van der Waals surface area contributed by atoms with Crippen molar-refractivity contribution in [2.75, 3.05) is 6.61 Å². The molecule has 0 radical (unpaired) electrons. The Morgan fingerprint density at radius 1 is 1.42 bits per heavy atom. The Kier molecular flexibility index (Phi) is 3.56. The van der Waals surface area contributed by atoms with Crippen LogP contribution in [0.1, 0.15) is 12.6 Å². The fourth-order valence-corrected chi connectivity index (χ4v) is 3.08. The number of nitrogens with zero attached hydrogens (tertiary/aromatic N) is 4. The van der Waals surface area contributed by atoms with E-state index in [1.165, 1.54) is 6.33 Å². The number of rotatable bonds is 2. The third-order valence-electron chi connectivity index (χ3n) is 3.06. The highest BCUT2D eigenvalue weighted by Gasteiger charge is 2.36. The van der Waals surface area contributed by atoms with Gasteiger partial charge >= 0.3 is 0 Å². The van der Waals surface area contributed by atoms with Gasteiger partial charge in [0.05, 0.1) is 12.7 Å². The molecule has 0 unspecified atom stereocenters. The Hall–Kier alpha value is -0.610. The van der Waals surface area contributed by atoms with Gasteiger partial charge in [0.15, 0.2) is 10.4 Å². The molecular formula is C10H10Br2N4O3. The van der Waals surface area contributed by atoms with E-state index in [0.29, 0.717) is 26.9 Å². The minimum atomic E-state index is -0.704. The summed E-state index contributed by atoms with van der Waals surface area (Å²) < 4.78 is 8.48. The summed E-state index contributed by atoms with van der Waals surface area (Å²) in [7, 11) is 0. The first kappa shape index (κ1) is 13.4. The molecule has 1 fully saturated rings. The molecule has 102 valence electrons. The molecule has 2 aromatic rings. The van der Waals surface area contributed by atoms with E-state index in [9.17, 15) is 5.11 Å². The van der Waals surface area contributed by atoms with Crippen LogP contribution in [0.15, 0.2) is 15.7 Å². The molecule has 1 aliphatic rings. The molecule has 9 heteroatoms. The minimum Gasteiger partial charge on any atom is -0.394 e. The number of aliphatic hydroxyl groups is 2. The van der Waals surface area contributed by atoms with E-state index in [-0.39, 0.29) is 6.61 Å². The zero-order valence-corrected chi connectivity index (χ0v) is 12.7. The van der Waals surface area contributed by atoms with Crippen LogP contribution < -0.4 is 0 Å². The Morgan fingerprint density at radius 3 is 2.89 bits per heavy atom. The summed E-state index contributed by atoms with van der Waals surface area (Å²) in [5, 5.41) is 18.9. The lowest BCUT2D eigenvalue weighted by Crippen LogP contribution is -2.24. The Labute approximate surface area is 124 Å². The summed E-state index contributed by atoms with van der Waals surface area (Å²) >= 11 is 6.67. The van der Waals surface area contributed by atoms with Crippen LogP contribution in [0.25, 0.3) is 11.2 Å². The van der Waals surface area contributed by atoms with Gasteiger partial charge in [-0.3, -0.25) is 4.57 Å². The van der Waals surface area contributed by atoms with Crippen LogP contribution in [-0.2, 0) is 4.74 Å². The molecule has 1 saturated heterocycles. The van der Waals surface area contributed by atoms with Gasteiger partial charge in [0, 0.05) is 6.42 Å². The van der Waals surface area contributed by atoms with E-state index in [2.05, 4.69) is 46.8 Å². The first-order valence-electron chi connectivity index (χ1n) is 5.60. The van der Waals surface area contributed by atoms with Crippen LogP contribution in [0.2, 0.25) is 0 Å². The van der Waals surface area contributed by atoms with E-state index in [1.807, 2.05) is 0 Å². The maximum atomic E-state index is 9.80. The number of imidazole rings is 1. The van der Waals surface area contributed by atoms with E-state index < -0.39 is 18.4 Å². The number of hydrogen-bond acceptors (Lipinski definition) is 6. The summed E-state index contributed by atoms with van der Waals surface area (Å²) in [6.45, 7) is -0.222. The molecular weight excluding hydrogens is 384 g/mol. The number of halogens is 2. The van der Waals surface area contributed by atoms with Gasteiger partial charge in [0.1, 0.15) is 28.8 Å². The number of ether oxygens (including phenoxy) is 1. The van der Waals surface area contributed by atoms with Crippen molar-refractivity contribution in [3.05, 3.63) is 15.7 Å². The van der Waals surface area contributed by atoms with Crippen molar-refractivity contribution in [1.82, 2.24) is 19.5 Å². The molecule has 3 rings (SSSR count). The lowest BCUT2D eigenvalue weighted by Gasteiger charge is -2.14. The number of fused-ring (bicyclic) bond motifs is 1. The smallest absolute Gasteiger partial charge is 0.181 e. The van der Waals surface area contributed by atoms with Gasteiger partial charge in [0.25, 0.3) is 0 Å². The first-order valence-corrected chi connectivity index (χ1v) is 7.18. The molecule has 19 heavy (non-hydrogen) atoms. The maximum absolute atomic E-state index is 9.80. The van der Waals surface area contributed by atoms with Gasteiger partial charge in [-0.1, -0.05) is 0 Å². The molecule has 2 aromatic heterocycles. The van der Waals surface area contributed by atoms with Crippen molar-refractivity contribution in [1.29, 1.82) is 0 Å². The molecule has 1 aliphatic heterocycles. The van der Waals surface area contributed by atoms with Crippen LogP contribution >= 0.6 is 31.9 Å². The first-order chi connectivity index (χ1) is 9.11. The SMILES string of the molecule is OC[C@@H]1O[C@H](n2c(Br)nc3c(Br)ncnc32)C[C@H]1O. The van der Waals surface area contributed by atoms with E-state index in [0.717, 1.165) is 0 Å². The predicted octanol–water partition coefficient (Wildman–Crippen LogP) is 0.992. The maximum Gasteiger partial charge on any atom is 0.181 e. The second-order valence-corrected chi connectivity index (χ2v) is 5.66. The quantitative estimate of drug-likeness (QED) is 0.583. The van der Waals surface area contributed by atoms with Crippen LogP contribution in [0.4, 0.5) is 0 Å². The molecule has 7 nitrogen and oxygen atoms in total. The number of aliphatic hydroxyl groups excluding tert-OH is 2. The molecule has 2 N–H and O–H groups in total. The predicted molar refractivity (Wildman–Crippen MR) is 72.3 cm³/mol. The summed E-state index contributed by atoms with van der Waals surface area (Å²) in [6.07, 6.45) is 0.0839. The van der Waals surface area contributed by atoms with Crippen molar-refractivity contribution < 1.29 is 14.9 Å². The van der Waals surface area contributed by atoms with Gasteiger partial charge in [-0.05, 0) is 31.9 Å². The summed E-state index contributed by atoms with van der Waals surface area (Å²) in [5.74, 6) is 0. The van der Waals surface area contributed by atoms with Crippen LogP contribution in [0, 0.1) is 0 Å². The lowest BCUT2D eigenvalue weighted by atomic mass is 10.2. The van der Waals surface area contributed by atoms with E-state index in [4.69, 9.17) is 9.84 Å². The van der Waals surface area contributed by atoms with Crippen molar-refractivity contribution in [2.24, 2.45) is 0 Å².